The van der Waals surface area contributed by atoms with Gasteiger partial charge in [-0.15, -0.1) is 0 Å². The molecule has 0 atom stereocenters. The van der Waals surface area contributed by atoms with E-state index in [1.54, 1.807) is 18.7 Å². The molecule has 0 spiro atoms. The molecule has 122 valence electrons. The Kier molecular flexibility index (Phi) is 5.35. The molecule has 0 aliphatic carbocycles. The van der Waals surface area contributed by atoms with Gasteiger partial charge in [0.2, 0.25) is 11.8 Å². The van der Waals surface area contributed by atoms with E-state index in [4.69, 9.17) is 0 Å². The summed E-state index contributed by atoms with van der Waals surface area (Å²) in [4.78, 5) is 36.3. The molecule has 2 rings (SSSR count). The van der Waals surface area contributed by atoms with Gasteiger partial charge >= 0.3 is 0 Å². The average molecular weight is 316 g/mol. The summed E-state index contributed by atoms with van der Waals surface area (Å²) in [6, 6.07) is 9.65. The minimum atomic E-state index is -0.397. The highest BCUT2D eigenvalue weighted by molar-refractivity contribution is 5.86. The third-order valence-electron chi connectivity index (χ3n) is 3.40. The Bertz CT molecular complexity index is 721. The smallest absolute Gasteiger partial charge is 0.258 e. The first-order chi connectivity index (χ1) is 11.0. The number of nitrogens with one attached hydrogen (secondary N) is 2. The minimum absolute atomic E-state index is 0.0315. The fourth-order valence-electron chi connectivity index (χ4n) is 2.12. The van der Waals surface area contributed by atoms with E-state index in [0.29, 0.717) is 0 Å². The Hall–Kier alpha value is -2.83. The third-order valence-corrected chi connectivity index (χ3v) is 3.40. The number of hydrazine groups is 1. The quantitative estimate of drug-likeness (QED) is 0.795. The van der Waals surface area contributed by atoms with Crippen molar-refractivity contribution in [1.29, 1.82) is 0 Å². The number of carbonyl (C=O) groups is 3. The van der Waals surface area contributed by atoms with Crippen LogP contribution >= 0.6 is 0 Å². The lowest BCUT2D eigenvalue weighted by Crippen LogP contribution is -2.43. The molecule has 7 nitrogen and oxygen atoms in total. The van der Waals surface area contributed by atoms with Gasteiger partial charge in [-0.25, -0.2) is 0 Å². The number of hydrogen-bond donors (Lipinski definition) is 2. The second-order valence-electron chi connectivity index (χ2n) is 5.39. The second kappa shape index (κ2) is 7.44. The number of amides is 3. The van der Waals surface area contributed by atoms with Crippen LogP contribution in [0.2, 0.25) is 0 Å². The van der Waals surface area contributed by atoms with E-state index in [0.717, 1.165) is 10.9 Å². The molecule has 0 fully saturated rings. The maximum absolute atomic E-state index is 11.9. The van der Waals surface area contributed by atoms with E-state index in [9.17, 15) is 14.4 Å². The molecule has 23 heavy (non-hydrogen) atoms. The highest BCUT2D eigenvalue weighted by Crippen LogP contribution is 2.14. The summed E-state index contributed by atoms with van der Waals surface area (Å²) in [7, 11) is 3.26. The lowest BCUT2D eigenvalue weighted by atomic mass is 10.2. The maximum atomic E-state index is 11.9. The van der Waals surface area contributed by atoms with Crippen LogP contribution in [-0.2, 0) is 20.9 Å². The fraction of sp³-hybridized carbons (Fsp3) is 0.312. The predicted octanol–water partition coefficient (Wildman–Crippen LogP) is 0.657. The van der Waals surface area contributed by atoms with Crippen molar-refractivity contribution in [2.24, 2.45) is 0 Å². The zero-order chi connectivity index (χ0) is 16.8. The molecule has 0 radical (unpaired) electrons. The van der Waals surface area contributed by atoms with Gasteiger partial charge in [-0.1, -0.05) is 18.2 Å². The van der Waals surface area contributed by atoms with Crippen LogP contribution < -0.4 is 10.9 Å². The van der Waals surface area contributed by atoms with Gasteiger partial charge in [0.05, 0.1) is 0 Å². The molecule has 0 aliphatic rings. The van der Waals surface area contributed by atoms with E-state index in [1.165, 1.54) is 4.90 Å². The lowest BCUT2D eigenvalue weighted by molar-refractivity contribution is -0.132. The van der Waals surface area contributed by atoms with Crippen molar-refractivity contribution in [2.75, 3.05) is 14.1 Å². The van der Waals surface area contributed by atoms with E-state index in [1.807, 2.05) is 36.5 Å². The van der Waals surface area contributed by atoms with Gasteiger partial charge in [0.1, 0.15) is 6.54 Å². The zero-order valence-corrected chi connectivity index (χ0v) is 13.2. The lowest BCUT2D eigenvalue weighted by Gasteiger charge is -2.11. The Morgan fingerprint density at radius 1 is 1.00 bits per heavy atom. The number of para-hydroxylation sites is 1. The van der Waals surface area contributed by atoms with Crippen LogP contribution in [0.5, 0.6) is 0 Å². The summed E-state index contributed by atoms with van der Waals surface area (Å²) in [5.74, 6) is -0.866. The summed E-state index contributed by atoms with van der Waals surface area (Å²) in [5, 5.41) is 1.05. The molecule has 0 saturated heterocycles. The number of fused-ring (bicyclic) bond motifs is 1. The van der Waals surface area contributed by atoms with Crippen molar-refractivity contribution < 1.29 is 14.4 Å². The van der Waals surface area contributed by atoms with E-state index in [-0.39, 0.29) is 31.2 Å². The molecule has 1 aromatic carbocycles. The normalized spacial score (nSPS) is 10.3. The fourth-order valence-corrected chi connectivity index (χ4v) is 2.12. The Balaban J connectivity index is 1.79. The molecule has 1 heterocycles. The van der Waals surface area contributed by atoms with E-state index < -0.39 is 5.91 Å². The molecule has 3 amide bonds. The topological polar surface area (TPSA) is 83.4 Å². The van der Waals surface area contributed by atoms with Gasteiger partial charge in [0.15, 0.2) is 0 Å². The van der Waals surface area contributed by atoms with Gasteiger partial charge < -0.3 is 9.47 Å². The molecule has 2 N–H and O–H groups in total. The second-order valence-corrected chi connectivity index (χ2v) is 5.39. The van der Waals surface area contributed by atoms with Crippen molar-refractivity contribution >= 4 is 28.6 Å². The number of rotatable bonds is 5. The van der Waals surface area contributed by atoms with Crippen LogP contribution in [-0.4, -0.2) is 41.3 Å². The van der Waals surface area contributed by atoms with Crippen LogP contribution in [0.1, 0.15) is 12.8 Å². The third kappa shape index (κ3) is 4.57. The van der Waals surface area contributed by atoms with Crippen molar-refractivity contribution in [3.05, 3.63) is 36.5 Å². The highest BCUT2D eigenvalue weighted by atomic mass is 16.2. The SMILES string of the molecule is CN(C)C(=O)CCC(=O)NNC(=O)Cn1ccc2ccccc21. The summed E-state index contributed by atoms with van der Waals surface area (Å²) in [6.07, 6.45) is 1.96. The first kappa shape index (κ1) is 16.5. The van der Waals surface area contributed by atoms with Crippen molar-refractivity contribution in [1.82, 2.24) is 20.3 Å². The number of aromatic nitrogens is 1. The van der Waals surface area contributed by atoms with Gasteiger partial charge in [-0.05, 0) is 17.5 Å². The van der Waals surface area contributed by atoms with Gasteiger partial charge in [-0.3, -0.25) is 25.2 Å². The number of benzene rings is 1. The molecule has 7 heteroatoms. The number of hydrogen-bond acceptors (Lipinski definition) is 3. The standard InChI is InChI=1S/C16H20N4O3/c1-19(2)16(23)8-7-14(21)17-18-15(22)11-20-10-9-12-5-3-4-6-13(12)20/h3-6,9-10H,7-8,11H2,1-2H3,(H,17,21)(H,18,22). The zero-order valence-electron chi connectivity index (χ0n) is 13.2. The van der Waals surface area contributed by atoms with Crippen LogP contribution in [0.15, 0.2) is 36.5 Å². The number of nitrogens with zero attached hydrogens (tertiary/aromatic N) is 2. The molecule has 0 aliphatic heterocycles. The molecule has 0 bridgehead atoms. The van der Waals surface area contributed by atoms with Gasteiger partial charge in [0, 0.05) is 38.7 Å². The Morgan fingerprint density at radius 2 is 1.70 bits per heavy atom. The van der Waals surface area contributed by atoms with Crippen molar-refractivity contribution in [3.63, 3.8) is 0 Å². The minimum Gasteiger partial charge on any atom is -0.349 e. The monoisotopic (exact) mass is 316 g/mol. The first-order valence-corrected chi connectivity index (χ1v) is 7.29. The van der Waals surface area contributed by atoms with E-state index >= 15 is 0 Å². The maximum Gasteiger partial charge on any atom is 0.258 e. The van der Waals surface area contributed by atoms with Crippen molar-refractivity contribution in [3.8, 4) is 0 Å². The Morgan fingerprint density at radius 3 is 2.43 bits per heavy atom. The highest BCUT2D eigenvalue weighted by Gasteiger charge is 2.10. The van der Waals surface area contributed by atoms with Crippen LogP contribution in [0.4, 0.5) is 0 Å². The summed E-state index contributed by atoms with van der Waals surface area (Å²) in [6.45, 7) is 0.102. The van der Waals surface area contributed by atoms with E-state index in [2.05, 4.69) is 10.9 Å². The summed E-state index contributed by atoms with van der Waals surface area (Å²) < 4.78 is 1.80. The average Bonchev–Trinajstić information content (AvgIpc) is 2.93. The molecule has 1 aromatic heterocycles. The van der Waals surface area contributed by atoms with Gasteiger partial charge in [-0.2, -0.15) is 0 Å². The number of carbonyl (C=O) groups excluding carboxylic acids is 3. The van der Waals surface area contributed by atoms with Crippen LogP contribution in [0.3, 0.4) is 0 Å². The molecular weight excluding hydrogens is 296 g/mol. The summed E-state index contributed by atoms with van der Waals surface area (Å²) >= 11 is 0. The first-order valence-electron chi connectivity index (χ1n) is 7.29. The molecule has 0 saturated carbocycles. The molecule has 2 aromatic rings. The van der Waals surface area contributed by atoms with Gasteiger partial charge in [0.25, 0.3) is 5.91 Å². The molecule has 0 unspecified atom stereocenters. The van der Waals surface area contributed by atoms with Crippen LogP contribution in [0, 0.1) is 0 Å². The van der Waals surface area contributed by atoms with Crippen molar-refractivity contribution in [2.45, 2.75) is 19.4 Å². The van der Waals surface area contributed by atoms with Crippen LogP contribution in [0.25, 0.3) is 10.9 Å². The predicted molar refractivity (Wildman–Crippen MR) is 86.2 cm³/mol. The Labute approximate surface area is 134 Å². The molecular formula is C16H20N4O3. The largest absolute Gasteiger partial charge is 0.349 e. The summed E-state index contributed by atoms with van der Waals surface area (Å²) in [5.41, 5.74) is 5.62.